The van der Waals surface area contributed by atoms with E-state index in [1.54, 1.807) is 12.4 Å². The Labute approximate surface area is 141 Å². The molecule has 0 aliphatic rings. The molecule has 120 valence electrons. The second-order valence-corrected chi connectivity index (χ2v) is 5.58. The van der Waals surface area contributed by atoms with E-state index in [-0.39, 0.29) is 0 Å². The molecule has 1 heterocycles. The van der Waals surface area contributed by atoms with Crippen LogP contribution in [0.1, 0.15) is 16.7 Å². The number of hydrazone groups is 1. The summed E-state index contributed by atoms with van der Waals surface area (Å²) in [5.41, 5.74) is 6.24. The summed E-state index contributed by atoms with van der Waals surface area (Å²) in [6, 6.07) is 19.6. The van der Waals surface area contributed by atoms with Crippen molar-refractivity contribution in [2.24, 2.45) is 5.10 Å². The Morgan fingerprint density at radius 1 is 0.917 bits per heavy atom. The lowest BCUT2D eigenvalue weighted by Crippen LogP contribution is -1.92. The maximum absolute atomic E-state index is 5.90. The van der Waals surface area contributed by atoms with Gasteiger partial charge in [-0.3, -0.25) is 5.43 Å². The zero-order valence-electron chi connectivity index (χ0n) is 13.7. The summed E-state index contributed by atoms with van der Waals surface area (Å²) in [5.74, 6) is 2.36. The highest BCUT2D eigenvalue weighted by Gasteiger charge is 1.99. The molecule has 1 aromatic heterocycles. The van der Waals surface area contributed by atoms with Crippen molar-refractivity contribution >= 4 is 12.0 Å². The molecule has 4 nitrogen and oxygen atoms in total. The maximum Gasteiger partial charge on any atom is 0.146 e. The van der Waals surface area contributed by atoms with E-state index in [0.29, 0.717) is 5.82 Å². The van der Waals surface area contributed by atoms with Crippen molar-refractivity contribution < 1.29 is 4.74 Å². The predicted octanol–water partition coefficient (Wildman–Crippen LogP) is 4.94. The van der Waals surface area contributed by atoms with Crippen molar-refractivity contribution in [3.05, 3.63) is 83.6 Å². The molecule has 0 radical (unpaired) electrons. The number of benzene rings is 2. The lowest BCUT2D eigenvalue weighted by molar-refractivity contribution is 0.482. The summed E-state index contributed by atoms with van der Waals surface area (Å²) in [7, 11) is 0. The van der Waals surface area contributed by atoms with Crippen LogP contribution >= 0.6 is 0 Å². The number of nitrogens with one attached hydrogen (secondary N) is 1. The molecular formula is C20H19N3O. The van der Waals surface area contributed by atoms with Crippen molar-refractivity contribution in [2.75, 3.05) is 5.43 Å². The van der Waals surface area contributed by atoms with Gasteiger partial charge in [-0.05, 0) is 79.1 Å². The molecule has 3 rings (SSSR count). The number of rotatable bonds is 5. The average Bonchev–Trinajstić information content (AvgIpc) is 2.56. The summed E-state index contributed by atoms with van der Waals surface area (Å²) in [6.07, 6.45) is 3.46. The van der Waals surface area contributed by atoms with Crippen molar-refractivity contribution in [3.63, 3.8) is 0 Å². The first-order chi connectivity index (χ1) is 11.7. The topological polar surface area (TPSA) is 46.5 Å². The van der Waals surface area contributed by atoms with Crippen LogP contribution in [0, 0.1) is 13.8 Å². The Balaban J connectivity index is 1.62. The highest BCUT2D eigenvalue weighted by molar-refractivity contribution is 5.80. The molecule has 2 aromatic carbocycles. The van der Waals surface area contributed by atoms with E-state index >= 15 is 0 Å². The normalized spacial score (nSPS) is 10.8. The van der Waals surface area contributed by atoms with Crippen LogP contribution in [0.25, 0.3) is 0 Å². The van der Waals surface area contributed by atoms with E-state index in [1.807, 2.05) is 54.6 Å². The first kappa shape index (κ1) is 15.7. The lowest BCUT2D eigenvalue weighted by Gasteiger charge is -2.08. The van der Waals surface area contributed by atoms with Crippen LogP contribution in [0.5, 0.6) is 11.5 Å². The minimum atomic E-state index is 0.712. The number of ether oxygens (including phenoxy) is 1. The zero-order chi connectivity index (χ0) is 16.8. The second kappa shape index (κ2) is 7.42. The second-order valence-electron chi connectivity index (χ2n) is 5.58. The molecule has 0 bridgehead atoms. The minimum Gasteiger partial charge on any atom is -0.457 e. The number of aromatic nitrogens is 1. The number of pyridine rings is 1. The Hall–Kier alpha value is -3.14. The number of aryl methyl sites for hydroxylation is 2. The fourth-order valence-electron chi connectivity index (χ4n) is 2.35. The average molecular weight is 317 g/mol. The molecule has 0 amide bonds. The molecule has 0 unspecified atom stereocenters. The number of hydrogen-bond acceptors (Lipinski definition) is 4. The van der Waals surface area contributed by atoms with E-state index in [4.69, 9.17) is 4.74 Å². The van der Waals surface area contributed by atoms with Crippen LogP contribution in [0.3, 0.4) is 0 Å². The molecule has 1 N–H and O–H groups in total. The standard InChI is InChI=1S/C20H19N3O/c1-15-11-16(2)13-19(12-15)24-18-8-6-17(7-9-18)14-22-23-20-5-3-4-10-21-20/h3-14H,1-2H3,(H,21,23). The highest BCUT2D eigenvalue weighted by Crippen LogP contribution is 2.23. The van der Waals surface area contributed by atoms with Gasteiger partial charge < -0.3 is 4.74 Å². The van der Waals surface area contributed by atoms with E-state index in [9.17, 15) is 0 Å². The smallest absolute Gasteiger partial charge is 0.146 e. The van der Waals surface area contributed by atoms with Crippen LogP contribution in [0.15, 0.2) is 72.0 Å². The SMILES string of the molecule is Cc1cc(C)cc(Oc2ccc(C=NNc3ccccn3)cc2)c1. The molecule has 0 saturated heterocycles. The van der Waals surface area contributed by atoms with Crippen LogP contribution in [-0.2, 0) is 0 Å². The largest absolute Gasteiger partial charge is 0.457 e. The van der Waals surface area contributed by atoms with Gasteiger partial charge in [-0.15, -0.1) is 0 Å². The molecule has 0 aliphatic carbocycles. The molecule has 4 heteroatoms. The summed E-state index contributed by atoms with van der Waals surface area (Å²) in [4.78, 5) is 4.14. The Kier molecular flexibility index (Phi) is 4.87. The molecule has 0 fully saturated rings. The van der Waals surface area contributed by atoms with Crippen LogP contribution in [0.2, 0.25) is 0 Å². The van der Waals surface area contributed by atoms with Crippen molar-refractivity contribution in [3.8, 4) is 11.5 Å². The quantitative estimate of drug-likeness (QED) is 0.536. The van der Waals surface area contributed by atoms with Gasteiger partial charge in [-0.2, -0.15) is 5.10 Å². The first-order valence-corrected chi connectivity index (χ1v) is 7.75. The molecule has 3 aromatic rings. The lowest BCUT2D eigenvalue weighted by atomic mass is 10.1. The summed E-state index contributed by atoms with van der Waals surface area (Å²) < 4.78 is 5.90. The van der Waals surface area contributed by atoms with Gasteiger partial charge in [0.2, 0.25) is 0 Å². The van der Waals surface area contributed by atoms with Crippen molar-refractivity contribution in [2.45, 2.75) is 13.8 Å². The predicted molar refractivity (Wildman–Crippen MR) is 97.9 cm³/mol. The third-order valence-electron chi connectivity index (χ3n) is 3.37. The summed E-state index contributed by atoms with van der Waals surface area (Å²) in [5, 5.41) is 4.17. The van der Waals surface area contributed by atoms with Gasteiger partial charge in [0.1, 0.15) is 17.3 Å². The Morgan fingerprint density at radius 3 is 2.33 bits per heavy atom. The number of hydrogen-bond donors (Lipinski definition) is 1. The van der Waals surface area contributed by atoms with E-state index in [2.05, 4.69) is 35.4 Å². The van der Waals surface area contributed by atoms with Gasteiger partial charge in [0, 0.05) is 6.20 Å². The van der Waals surface area contributed by atoms with Gasteiger partial charge in [-0.25, -0.2) is 4.98 Å². The Morgan fingerprint density at radius 2 is 1.67 bits per heavy atom. The van der Waals surface area contributed by atoms with Gasteiger partial charge in [0.25, 0.3) is 0 Å². The van der Waals surface area contributed by atoms with Gasteiger partial charge in [0.05, 0.1) is 6.21 Å². The summed E-state index contributed by atoms with van der Waals surface area (Å²) >= 11 is 0. The third-order valence-corrected chi connectivity index (χ3v) is 3.37. The molecule has 0 saturated carbocycles. The summed E-state index contributed by atoms with van der Waals surface area (Å²) in [6.45, 7) is 4.13. The monoisotopic (exact) mass is 317 g/mol. The van der Waals surface area contributed by atoms with Crippen LogP contribution < -0.4 is 10.2 Å². The van der Waals surface area contributed by atoms with Gasteiger partial charge in [-0.1, -0.05) is 12.1 Å². The van der Waals surface area contributed by atoms with E-state index in [1.165, 1.54) is 11.1 Å². The van der Waals surface area contributed by atoms with Crippen LogP contribution in [-0.4, -0.2) is 11.2 Å². The third kappa shape index (κ3) is 4.43. The molecular weight excluding hydrogens is 298 g/mol. The van der Waals surface area contributed by atoms with E-state index < -0.39 is 0 Å². The highest BCUT2D eigenvalue weighted by atomic mass is 16.5. The molecule has 0 spiro atoms. The molecule has 0 aliphatic heterocycles. The Bertz CT molecular complexity index is 807. The minimum absolute atomic E-state index is 0.712. The maximum atomic E-state index is 5.90. The number of anilines is 1. The zero-order valence-corrected chi connectivity index (χ0v) is 13.7. The van der Waals surface area contributed by atoms with Crippen molar-refractivity contribution in [1.82, 2.24) is 4.98 Å². The fourth-order valence-corrected chi connectivity index (χ4v) is 2.35. The van der Waals surface area contributed by atoms with Crippen molar-refractivity contribution in [1.29, 1.82) is 0 Å². The van der Waals surface area contributed by atoms with Gasteiger partial charge in [0.15, 0.2) is 0 Å². The molecule has 0 atom stereocenters. The van der Waals surface area contributed by atoms with E-state index in [0.717, 1.165) is 17.1 Å². The first-order valence-electron chi connectivity index (χ1n) is 7.75. The van der Waals surface area contributed by atoms with Crippen LogP contribution in [0.4, 0.5) is 5.82 Å². The number of nitrogens with zero attached hydrogens (tertiary/aromatic N) is 2. The van der Waals surface area contributed by atoms with Gasteiger partial charge >= 0.3 is 0 Å². The molecule has 24 heavy (non-hydrogen) atoms. The fraction of sp³-hybridized carbons (Fsp3) is 0.100.